The molecule has 0 bridgehead atoms. The van der Waals surface area contributed by atoms with E-state index >= 15 is 0 Å². The van der Waals surface area contributed by atoms with Crippen LogP contribution in [-0.4, -0.2) is 21.7 Å². The molecule has 1 aromatic rings. The Morgan fingerprint density at radius 3 is 2.50 bits per heavy atom. The number of aryl methyl sites for hydroxylation is 1. The van der Waals surface area contributed by atoms with Gasteiger partial charge in [0, 0.05) is 12.5 Å². The van der Waals surface area contributed by atoms with Crippen molar-refractivity contribution in [2.45, 2.75) is 45.3 Å². The number of aromatic nitrogens is 2. The first-order valence-electron chi connectivity index (χ1n) is 6.66. The van der Waals surface area contributed by atoms with E-state index in [1.165, 1.54) is 0 Å². The maximum Gasteiger partial charge on any atom is 0.391 e. The first kappa shape index (κ1) is 15.5. The molecule has 1 heterocycles. The number of halogens is 4. The third-order valence-electron chi connectivity index (χ3n) is 3.89. The number of carbonyl (C=O) groups is 1. The molecule has 0 unspecified atom stereocenters. The third-order valence-corrected chi connectivity index (χ3v) is 4.47. The van der Waals surface area contributed by atoms with Gasteiger partial charge in [-0.05, 0) is 48.5 Å². The highest BCUT2D eigenvalue weighted by Crippen LogP contribution is 2.40. The topological polar surface area (TPSA) is 34.9 Å². The van der Waals surface area contributed by atoms with Crippen molar-refractivity contribution < 1.29 is 18.0 Å². The Morgan fingerprint density at radius 1 is 1.40 bits per heavy atom. The second-order valence-corrected chi connectivity index (χ2v) is 5.97. The van der Waals surface area contributed by atoms with Gasteiger partial charge in [-0.2, -0.15) is 18.3 Å². The summed E-state index contributed by atoms with van der Waals surface area (Å²) in [4.78, 5) is 12.4. The lowest BCUT2D eigenvalue weighted by molar-refractivity contribution is -0.183. The van der Waals surface area contributed by atoms with Crippen LogP contribution in [0.1, 0.15) is 43.1 Å². The summed E-state index contributed by atoms with van der Waals surface area (Å²) < 4.78 is 40.1. The lowest BCUT2D eigenvalue weighted by atomic mass is 9.79. The number of alkyl halides is 3. The molecular weight excluding hydrogens is 337 g/mol. The molecule has 7 heteroatoms. The highest BCUT2D eigenvalue weighted by molar-refractivity contribution is 9.10. The highest BCUT2D eigenvalue weighted by atomic mass is 79.9. The molecule has 1 aliphatic rings. The summed E-state index contributed by atoms with van der Waals surface area (Å²) in [6.45, 7) is 2.43. The first-order valence-corrected chi connectivity index (χ1v) is 7.46. The Bertz CT molecular complexity index is 490. The minimum absolute atomic E-state index is 0.0395. The standard InChI is InChI=1S/C13H16BrF3N2O/c1-2-19-11(10(14)7-18-19)12(20)8-3-5-9(6-4-8)13(15,16)17/h7-9H,2-6H2,1H3. The SMILES string of the molecule is CCn1ncc(Br)c1C(=O)C1CCC(C(F)(F)F)CC1. The molecule has 112 valence electrons. The Hall–Kier alpha value is -0.850. The van der Waals surface area contributed by atoms with Gasteiger partial charge in [-0.25, -0.2) is 0 Å². The van der Waals surface area contributed by atoms with Crippen molar-refractivity contribution in [3.05, 3.63) is 16.4 Å². The van der Waals surface area contributed by atoms with Gasteiger partial charge in [-0.15, -0.1) is 0 Å². The smallest absolute Gasteiger partial charge is 0.292 e. The molecule has 0 aromatic carbocycles. The first-order chi connectivity index (χ1) is 9.34. The molecule has 1 saturated carbocycles. The van der Waals surface area contributed by atoms with Crippen LogP contribution in [-0.2, 0) is 6.54 Å². The number of hydrogen-bond acceptors (Lipinski definition) is 2. The van der Waals surface area contributed by atoms with Crippen LogP contribution >= 0.6 is 15.9 Å². The summed E-state index contributed by atoms with van der Waals surface area (Å²) in [5.74, 6) is -1.69. The van der Waals surface area contributed by atoms with Crippen LogP contribution in [0.25, 0.3) is 0 Å². The number of nitrogens with zero attached hydrogens (tertiary/aromatic N) is 2. The van der Waals surface area contributed by atoms with Gasteiger partial charge in [0.05, 0.1) is 16.6 Å². The molecule has 0 N–H and O–H groups in total. The number of hydrogen-bond donors (Lipinski definition) is 0. The number of Topliss-reactive ketones (excluding diaryl/α,β-unsaturated/α-hetero) is 1. The molecule has 0 saturated heterocycles. The fourth-order valence-corrected chi connectivity index (χ4v) is 3.22. The Labute approximate surface area is 123 Å². The maximum atomic E-state index is 12.6. The number of ketones is 1. The van der Waals surface area contributed by atoms with Crippen LogP contribution in [0.3, 0.4) is 0 Å². The van der Waals surface area contributed by atoms with E-state index < -0.39 is 12.1 Å². The average Bonchev–Trinajstić information content (AvgIpc) is 2.78. The number of rotatable bonds is 3. The summed E-state index contributed by atoms with van der Waals surface area (Å²) in [5.41, 5.74) is 0.475. The summed E-state index contributed by atoms with van der Waals surface area (Å²) in [7, 11) is 0. The van der Waals surface area contributed by atoms with E-state index in [9.17, 15) is 18.0 Å². The minimum Gasteiger partial charge on any atom is -0.292 e. The van der Waals surface area contributed by atoms with Crippen LogP contribution in [0.15, 0.2) is 10.7 Å². The van der Waals surface area contributed by atoms with Crippen molar-refractivity contribution in [2.75, 3.05) is 0 Å². The van der Waals surface area contributed by atoms with Crippen LogP contribution in [0.5, 0.6) is 0 Å². The molecule has 3 nitrogen and oxygen atoms in total. The lowest BCUT2D eigenvalue weighted by Crippen LogP contribution is -2.31. The zero-order chi connectivity index (χ0) is 14.9. The Balaban J connectivity index is 2.07. The van der Waals surface area contributed by atoms with E-state index in [0.717, 1.165) is 0 Å². The van der Waals surface area contributed by atoms with Crippen molar-refractivity contribution in [1.82, 2.24) is 9.78 Å². The average molecular weight is 353 g/mol. The molecule has 20 heavy (non-hydrogen) atoms. The van der Waals surface area contributed by atoms with Gasteiger partial charge in [0.1, 0.15) is 5.69 Å². The quantitative estimate of drug-likeness (QED) is 0.763. The van der Waals surface area contributed by atoms with E-state index in [1.54, 1.807) is 10.9 Å². The van der Waals surface area contributed by atoms with Crippen LogP contribution < -0.4 is 0 Å². The molecule has 0 spiro atoms. The molecular formula is C13H16BrF3N2O. The van der Waals surface area contributed by atoms with Crippen molar-refractivity contribution in [2.24, 2.45) is 11.8 Å². The van der Waals surface area contributed by atoms with E-state index in [-0.39, 0.29) is 24.5 Å². The fraction of sp³-hybridized carbons (Fsp3) is 0.692. The van der Waals surface area contributed by atoms with E-state index in [4.69, 9.17) is 0 Å². The second kappa shape index (κ2) is 5.87. The summed E-state index contributed by atoms with van der Waals surface area (Å²) in [5, 5.41) is 4.07. The zero-order valence-corrected chi connectivity index (χ0v) is 12.7. The fourth-order valence-electron chi connectivity index (χ4n) is 2.72. The Kier molecular flexibility index (Phi) is 4.56. The molecule has 0 radical (unpaired) electrons. The zero-order valence-electron chi connectivity index (χ0n) is 11.1. The van der Waals surface area contributed by atoms with Crippen LogP contribution in [0, 0.1) is 11.8 Å². The van der Waals surface area contributed by atoms with Crippen molar-refractivity contribution in [1.29, 1.82) is 0 Å². The molecule has 1 aromatic heterocycles. The van der Waals surface area contributed by atoms with Gasteiger partial charge in [0.2, 0.25) is 0 Å². The monoisotopic (exact) mass is 352 g/mol. The molecule has 0 amide bonds. The summed E-state index contributed by atoms with van der Waals surface area (Å²) in [6, 6.07) is 0. The van der Waals surface area contributed by atoms with Crippen molar-refractivity contribution in [3.8, 4) is 0 Å². The van der Waals surface area contributed by atoms with Crippen molar-refractivity contribution >= 4 is 21.7 Å². The van der Waals surface area contributed by atoms with Gasteiger partial charge in [0.25, 0.3) is 0 Å². The van der Waals surface area contributed by atoms with Crippen molar-refractivity contribution in [3.63, 3.8) is 0 Å². The van der Waals surface area contributed by atoms with Gasteiger partial charge in [0.15, 0.2) is 5.78 Å². The van der Waals surface area contributed by atoms with Gasteiger partial charge >= 0.3 is 6.18 Å². The van der Waals surface area contributed by atoms with Crippen LogP contribution in [0.2, 0.25) is 0 Å². The Morgan fingerprint density at radius 2 is 2.00 bits per heavy atom. The lowest BCUT2D eigenvalue weighted by Gasteiger charge is -2.29. The van der Waals surface area contributed by atoms with Gasteiger partial charge in [-0.3, -0.25) is 9.48 Å². The third kappa shape index (κ3) is 3.07. The molecule has 1 aliphatic carbocycles. The van der Waals surface area contributed by atoms with E-state index in [0.29, 0.717) is 29.6 Å². The van der Waals surface area contributed by atoms with Gasteiger partial charge in [-0.1, -0.05) is 0 Å². The highest BCUT2D eigenvalue weighted by Gasteiger charge is 2.42. The predicted molar refractivity (Wildman–Crippen MR) is 71.4 cm³/mol. The minimum atomic E-state index is -4.14. The largest absolute Gasteiger partial charge is 0.391 e. The second-order valence-electron chi connectivity index (χ2n) is 5.11. The van der Waals surface area contributed by atoms with E-state index in [2.05, 4.69) is 21.0 Å². The molecule has 0 atom stereocenters. The van der Waals surface area contributed by atoms with Crippen LogP contribution in [0.4, 0.5) is 13.2 Å². The maximum absolute atomic E-state index is 12.6. The normalized spacial score (nSPS) is 23.9. The number of carbonyl (C=O) groups excluding carboxylic acids is 1. The molecule has 1 fully saturated rings. The van der Waals surface area contributed by atoms with Gasteiger partial charge < -0.3 is 0 Å². The molecule has 2 rings (SSSR count). The molecule has 0 aliphatic heterocycles. The summed E-state index contributed by atoms with van der Waals surface area (Å²) >= 11 is 3.28. The van der Waals surface area contributed by atoms with E-state index in [1.807, 2.05) is 6.92 Å². The predicted octanol–water partition coefficient (Wildman–Crippen LogP) is 4.22. The summed E-state index contributed by atoms with van der Waals surface area (Å²) in [6.07, 6.45) is -1.91.